The van der Waals surface area contributed by atoms with Crippen LogP contribution in [0, 0.1) is 13.8 Å². The van der Waals surface area contributed by atoms with Crippen molar-refractivity contribution in [2.75, 3.05) is 7.11 Å². The summed E-state index contributed by atoms with van der Waals surface area (Å²) in [7, 11) is 1.64. The average Bonchev–Trinajstić information content (AvgIpc) is 2.37. The number of ketones is 1. The molecule has 3 nitrogen and oxygen atoms in total. The Labute approximate surface area is 113 Å². The predicted octanol–water partition coefficient (Wildman–Crippen LogP) is 3.58. The van der Waals surface area contributed by atoms with Crippen LogP contribution in [0.1, 0.15) is 28.7 Å². The van der Waals surface area contributed by atoms with Crippen molar-refractivity contribution in [2.24, 2.45) is 0 Å². The van der Waals surface area contributed by atoms with Gasteiger partial charge in [-0.1, -0.05) is 12.1 Å². The highest BCUT2D eigenvalue weighted by Crippen LogP contribution is 2.28. The lowest BCUT2D eigenvalue weighted by molar-refractivity contribution is 0.101. The third kappa shape index (κ3) is 2.65. The summed E-state index contributed by atoms with van der Waals surface area (Å²) in [5.41, 5.74) is 4.31. The highest BCUT2D eigenvalue weighted by molar-refractivity contribution is 6.01. The molecule has 19 heavy (non-hydrogen) atoms. The molecule has 0 aliphatic heterocycles. The lowest BCUT2D eigenvalue weighted by Crippen LogP contribution is -2.03. The highest BCUT2D eigenvalue weighted by atomic mass is 16.5. The van der Waals surface area contributed by atoms with Crippen molar-refractivity contribution in [3.8, 4) is 16.9 Å². The Hall–Kier alpha value is -2.16. The molecule has 0 saturated carbocycles. The number of methoxy groups -OCH3 is 1. The van der Waals surface area contributed by atoms with Crippen LogP contribution in [0.4, 0.5) is 0 Å². The summed E-state index contributed by atoms with van der Waals surface area (Å²) in [6.45, 7) is 5.38. The van der Waals surface area contributed by atoms with Crippen LogP contribution in [0.15, 0.2) is 30.3 Å². The van der Waals surface area contributed by atoms with E-state index in [0.717, 1.165) is 28.3 Å². The van der Waals surface area contributed by atoms with Crippen LogP contribution >= 0.6 is 0 Å². The summed E-state index contributed by atoms with van der Waals surface area (Å²) in [5.74, 6) is 0.839. The maximum atomic E-state index is 11.8. The maximum Gasteiger partial charge on any atom is 0.162 e. The molecular weight excluding hydrogens is 238 g/mol. The van der Waals surface area contributed by atoms with Gasteiger partial charge in [0.05, 0.1) is 7.11 Å². The first-order chi connectivity index (χ1) is 9.02. The first-order valence-corrected chi connectivity index (χ1v) is 6.16. The summed E-state index contributed by atoms with van der Waals surface area (Å²) in [6.07, 6.45) is 0. The quantitative estimate of drug-likeness (QED) is 0.787. The molecule has 0 atom stereocenters. The van der Waals surface area contributed by atoms with E-state index in [1.807, 2.05) is 44.2 Å². The Morgan fingerprint density at radius 2 is 1.79 bits per heavy atom. The van der Waals surface area contributed by atoms with Crippen molar-refractivity contribution < 1.29 is 9.53 Å². The molecule has 0 fully saturated rings. The second-order valence-corrected chi connectivity index (χ2v) is 4.56. The van der Waals surface area contributed by atoms with Gasteiger partial charge in [-0.25, -0.2) is 0 Å². The van der Waals surface area contributed by atoms with Crippen molar-refractivity contribution >= 4 is 5.78 Å². The van der Waals surface area contributed by atoms with Crippen LogP contribution in [0.5, 0.6) is 5.75 Å². The minimum atomic E-state index is 0.0378. The van der Waals surface area contributed by atoms with Crippen LogP contribution in [0.25, 0.3) is 11.1 Å². The molecule has 0 unspecified atom stereocenters. The lowest BCUT2D eigenvalue weighted by Gasteiger charge is -2.11. The predicted molar refractivity (Wildman–Crippen MR) is 75.7 cm³/mol. The molecule has 98 valence electrons. The fraction of sp³-hybridized carbons (Fsp3) is 0.250. The van der Waals surface area contributed by atoms with E-state index in [2.05, 4.69) is 4.98 Å². The molecule has 0 N–H and O–H groups in total. The third-order valence-corrected chi connectivity index (χ3v) is 3.08. The molecule has 2 rings (SSSR count). The van der Waals surface area contributed by atoms with Crippen molar-refractivity contribution in [1.82, 2.24) is 4.98 Å². The minimum Gasteiger partial charge on any atom is -0.497 e. The van der Waals surface area contributed by atoms with Crippen LogP contribution < -0.4 is 4.74 Å². The number of ether oxygens (including phenoxy) is 1. The van der Waals surface area contributed by atoms with Gasteiger partial charge in [-0.15, -0.1) is 0 Å². The zero-order valence-electron chi connectivity index (χ0n) is 11.7. The number of rotatable bonds is 3. The Morgan fingerprint density at radius 3 is 2.32 bits per heavy atom. The zero-order valence-corrected chi connectivity index (χ0v) is 11.7. The summed E-state index contributed by atoms with van der Waals surface area (Å²) in [6, 6.07) is 9.65. The Morgan fingerprint density at radius 1 is 1.16 bits per heavy atom. The van der Waals surface area contributed by atoms with Gasteiger partial charge in [0.15, 0.2) is 5.78 Å². The molecule has 2 aromatic rings. The lowest BCUT2D eigenvalue weighted by atomic mass is 9.96. The number of pyridine rings is 1. The van der Waals surface area contributed by atoms with E-state index < -0.39 is 0 Å². The summed E-state index contributed by atoms with van der Waals surface area (Å²) in [5, 5.41) is 0. The second kappa shape index (κ2) is 5.22. The number of hydrogen-bond donors (Lipinski definition) is 0. The number of Topliss-reactive ketones (excluding diaryl/α,β-unsaturated/α-hetero) is 1. The van der Waals surface area contributed by atoms with Gasteiger partial charge in [-0.3, -0.25) is 9.78 Å². The monoisotopic (exact) mass is 255 g/mol. The summed E-state index contributed by atoms with van der Waals surface area (Å²) < 4.78 is 5.15. The second-order valence-electron chi connectivity index (χ2n) is 4.56. The fourth-order valence-electron chi connectivity index (χ4n) is 2.27. The number of carbonyl (C=O) groups is 1. The fourth-order valence-corrected chi connectivity index (χ4v) is 2.27. The summed E-state index contributed by atoms with van der Waals surface area (Å²) >= 11 is 0. The smallest absolute Gasteiger partial charge is 0.162 e. The van der Waals surface area contributed by atoms with Gasteiger partial charge in [-0.05, 0) is 50.1 Å². The third-order valence-electron chi connectivity index (χ3n) is 3.08. The first kappa shape index (κ1) is 13.3. The molecule has 3 heteroatoms. The average molecular weight is 255 g/mol. The van der Waals surface area contributed by atoms with Gasteiger partial charge in [0.2, 0.25) is 0 Å². The SMILES string of the molecule is COc1ccc(-c2cc(C)nc(C)c2C(C)=O)cc1. The van der Waals surface area contributed by atoms with Crippen LogP contribution in [0.3, 0.4) is 0 Å². The van der Waals surface area contributed by atoms with E-state index in [4.69, 9.17) is 4.74 Å². The number of nitrogens with zero attached hydrogens (tertiary/aromatic N) is 1. The molecule has 0 aliphatic rings. The first-order valence-electron chi connectivity index (χ1n) is 6.16. The molecule has 0 spiro atoms. The minimum absolute atomic E-state index is 0.0378. The number of benzene rings is 1. The van der Waals surface area contributed by atoms with Crippen molar-refractivity contribution in [3.63, 3.8) is 0 Å². The van der Waals surface area contributed by atoms with E-state index in [1.54, 1.807) is 14.0 Å². The van der Waals surface area contributed by atoms with E-state index in [1.165, 1.54) is 0 Å². The van der Waals surface area contributed by atoms with Crippen molar-refractivity contribution in [3.05, 3.63) is 47.3 Å². The Bertz CT molecular complexity index is 615. The van der Waals surface area contributed by atoms with Gasteiger partial charge in [0.1, 0.15) is 5.75 Å². The van der Waals surface area contributed by atoms with Gasteiger partial charge in [0.25, 0.3) is 0 Å². The molecule has 1 heterocycles. The maximum absolute atomic E-state index is 11.8. The van der Waals surface area contributed by atoms with Gasteiger partial charge in [0, 0.05) is 17.0 Å². The molecule has 1 aromatic carbocycles. The number of carbonyl (C=O) groups excluding carboxylic acids is 1. The van der Waals surface area contributed by atoms with Gasteiger partial charge >= 0.3 is 0 Å². The summed E-state index contributed by atoms with van der Waals surface area (Å²) in [4.78, 5) is 16.2. The molecule has 0 amide bonds. The van der Waals surface area contributed by atoms with E-state index in [9.17, 15) is 4.79 Å². The largest absolute Gasteiger partial charge is 0.497 e. The number of aryl methyl sites for hydroxylation is 2. The molecular formula is C16H17NO2. The van der Waals surface area contributed by atoms with E-state index in [0.29, 0.717) is 5.56 Å². The molecule has 0 saturated heterocycles. The van der Waals surface area contributed by atoms with Gasteiger partial charge in [-0.2, -0.15) is 0 Å². The van der Waals surface area contributed by atoms with E-state index >= 15 is 0 Å². The Kier molecular flexibility index (Phi) is 3.65. The van der Waals surface area contributed by atoms with E-state index in [-0.39, 0.29) is 5.78 Å². The molecule has 0 bridgehead atoms. The Balaban J connectivity index is 2.62. The number of hydrogen-bond acceptors (Lipinski definition) is 3. The topological polar surface area (TPSA) is 39.2 Å². The molecule has 0 aliphatic carbocycles. The normalized spacial score (nSPS) is 10.3. The zero-order chi connectivity index (χ0) is 14.0. The number of aromatic nitrogens is 1. The van der Waals surface area contributed by atoms with Crippen molar-refractivity contribution in [1.29, 1.82) is 0 Å². The van der Waals surface area contributed by atoms with Crippen LogP contribution in [-0.2, 0) is 0 Å². The molecule has 0 radical (unpaired) electrons. The highest BCUT2D eigenvalue weighted by Gasteiger charge is 2.14. The van der Waals surface area contributed by atoms with Crippen LogP contribution in [-0.4, -0.2) is 17.9 Å². The molecule has 1 aromatic heterocycles. The van der Waals surface area contributed by atoms with Gasteiger partial charge < -0.3 is 4.74 Å². The van der Waals surface area contributed by atoms with Crippen LogP contribution in [0.2, 0.25) is 0 Å². The van der Waals surface area contributed by atoms with Crippen molar-refractivity contribution in [2.45, 2.75) is 20.8 Å². The standard InChI is InChI=1S/C16H17NO2/c1-10-9-15(16(12(3)18)11(2)17-10)13-5-7-14(19-4)8-6-13/h5-9H,1-4H3.